The zero-order valence-electron chi connectivity index (χ0n) is 17.1. The maximum Gasteiger partial charge on any atom is 0.264 e. The summed E-state index contributed by atoms with van der Waals surface area (Å²) < 4.78 is 5.69. The van der Waals surface area contributed by atoms with E-state index in [2.05, 4.69) is 41.5 Å². The average molecular weight is 412 g/mol. The van der Waals surface area contributed by atoms with E-state index in [1.165, 1.54) is 24.9 Å². The second-order valence-electron chi connectivity index (χ2n) is 7.58. The van der Waals surface area contributed by atoms with Gasteiger partial charge in [-0.15, -0.1) is 0 Å². The van der Waals surface area contributed by atoms with E-state index in [4.69, 9.17) is 17.0 Å². The van der Waals surface area contributed by atoms with E-state index in [1.807, 2.05) is 36.4 Å². The summed E-state index contributed by atoms with van der Waals surface area (Å²) in [6, 6.07) is 15.9. The predicted molar refractivity (Wildman–Crippen MR) is 123 cm³/mol. The van der Waals surface area contributed by atoms with Crippen LogP contribution in [-0.4, -0.2) is 30.7 Å². The molecule has 0 radical (unpaired) electrons. The standard InChI is InChI=1S/C23H29N3O2S/c1-17(2)20-8-4-5-9-21(20)28-16-22(27)25-23(29)24-18-10-12-19(13-11-18)26-14-6-3-7-15-26/h4-5,8-13,17H,3,6-7,14-16H2,1-2H3,(H2,24,25,27,29). The number of carbonyl (C=O) groups excluding carboxylic acids is 1. The minimum absolute atomic E-state index is 0.0839. The van der Waals surface area contributed by atoms with Crippen molar-refractivity contribution in [1.29, 1.82) is 0 Å². The van der Waals surface area contributed by atoms with Gasteiger partial charge in [-0.05, 0) is 73.3 Å². The topological polar surface area (TPSA) is 53.6 Å². The first kappa shape index (κ1) is 21.1. The van der Waals surface area contributed by atoms with Crippen molar-refractivity contribution in [3.63, 3.8) is 0 Å². The lowest BCUT2D eigenvalue weighted by Crippen LogP contribution is -2.37. The molecular weight excluding hydrogens is 382 g/mol. The van der Waals surface area contributed by atoms with Crippen molar-refractivity contribution in [2.24, 2.45) is 0 Å². The van der Waals surface area contributed by atoms with E-state index >= 15 is 0 Å². The molecule has 2 N–H and O–H groups in total. The zero-order valence-corrected chi connectivity index (χ0v) is 17.9. The Morgan fingerprint density at radius 1 is 1.07 bits per heavy atom. The molecule has 1 aliphatic heterocycles. The van der Waals surface area contributed by atoms with Crippen LogP contribution in [0.15, 0.2) is 48.5 Å². The fourth-order valence-electron chi connectivity index (χ4n) is 3.46. The number of rotatable bonds is 6. The maximum absolute atomic E-state index is 12.2. The van der Waals surface area contributed by atoms with Gasteiger partial charge in [0.1, 0.15) is 5.75 Å². The number of hydrogen-bond acceptors (Lipinski definition) is 4. The third-order valence-electron chi connectivity index (χ3n) is 5.00. The molecule has 5 nitrogen and oxygen atoms in total. The number of hydrogen-bond donors (Lipinski definition) is 2. The first-order valence-corrected chi connectivity index (χ1v) is 10.6. The van der Waals surface area contributed by atoms with Crippen LogP contribution in [0.4, 0.5) is 11.4 Å². The van der Waals surface area contributed by atoms with Crippen LogP contribution in [-0.2, 0) is 4.79 Å². The summed E-state index contributed by atoms with van der Waals surface area (Å²) in [4.78, 5) is 14.6. The van der Waals surface area contributed by atoms with Crippen molar-refractivity contribution in [3.05, 3.63) is 54.1 Å². The molecule has 6 heteroatoms. The molecule has 1 amide bonds. The number of nitrogens with one attached hydrogen (secondary N) is 2. The Hall–Kier alpha value is -2.60. The number of amides is 1. The Balaban J connectivity index is 1.47. The van der Waals surface area contributed by atoms with Crippen molar-refractivity contribution < 1.29 is 9.53 Å². The summed E-state index contributed by atoms with van der Waals surface area (Å²) in [5.41, 5.74) is 3.15. The molecule has 154 valence electrons. The van der Waals surface area contributed by atoms with Crippen LogP contribution >= 0.6 is 12.2 Å². The van der Waals surface area contributed by atoms with Gasteiger partial charge in [-0.1, -0.05) is 32.0 Å². The van der Waals surface area contributed by atoms with E-state index < -0.39 is 0 Å². The van der Waals surface area contributed by atoms with Crippen LogP contribution in [0.1, 0.15) is 44.6 Å². The lowest BCUT2D eigenvalue weighted by atomic mass is 10.0. The molecule has 0 spiro atoms. The summed E-state index contributed by atoms with van der Waals surface area (Å²) in [5, 5.41) is 5.99. The van der Waals surface area contributed by atoms with Gasteiger partial charge in [-0.25, -0.2) is 0 Å². The molecular formula is C23H29N3O2S. The molecule has 1 saturated heterocycles. The first-order chi connectivity index (χ1) is 14.0. The van der Waals surface area contributed by atoms with Gasteiger partial charge >= 0.3 is 0 Å². The summed E-state index contributed by atoms with van der Waals surface area (Å²) in [5.74, 6) is 0.765. The SMILES string of the molecule is CC(C)c1ccccc1OCC(=O)NC(=S)Nc1ccc(N2CCCCC2)cc1. The zero-order chi connectivity index (χ0) is 20.6. The Morgan fingerprint density at radius 2 is 1.76 bits per heavy atom. The molecule has 0 saturated carbocycles. The van der Waals surface area contributed by atoms with Gasteiger partial charge in [0.05, 0.1) is 0 Å². The molecule has 0 aliphatic carbocycles. The van der Waals surface area contributed by atoms with Crippen molar-refractivity contribution in [3.8, 4) is 5.75 Å². The van der Waals surface area contributed by atoms with Crippen LogP contribution in [0.25, 0.3) is 0 Å². The highest BCUT2D eigenvalue weighted by Gasteiger charge is 2.12. The quantitative estimate of drug-likeness (QED) is 0.675. The van der Waals surface area contributed by atoms with Crippen LogP contribution in [0, 0.1) is 0 Å². The van der Waals surface area contributed by atoms with Crippen LogP contribution < -0.4 is 20.3 Å². The molecule has 0 atom stereocenters. The van der Waals surface area contributed by atoms with Crippen molar-refractivity contribution in [1.82, 2.24) is 5.32 Å². The minimum Gasteiger partial charge on any atom is -0.483 e. The molecule has 2 aromatic rings. The summed E-state index contributed by atoms with van der Waals surface area (Å²) in [7, 11) is 0. The Kier molecular flexibility index (Phi) is 7.47. The third kappa shape index (κ3) is 6.19. The van der Waals surface area contributed by atoms with Gasteiger partial charge in [0.15, 0.2) is 11.7 Å². The van der Waals surface area contributed by atoms with E-state index in [0.29, 0.717) is 5.92 Å². The molecule has 0 bridgehead atoms. The lowest BCUT2D eigenvalue weighted by Gasteiger charge is -2.28. The molecule has 0 aromatic heterocycles. The smallest absolute Gasteiger partial charge is 0.264 e. The lowest BCUT2D eigenvalue weighted by molar-refractivity contribution is -0.121. The molecule has 0 unspecified atom stereocenters. The number of thiocarbonyl (C=S) groups is 1. The van der Waals surface area contributed by atoms with E-state index in [1.54, 1.807) is 0 Å². The highest BCUT2D eigenvalue weighted by Crippen LogP contribution is 2.25. The number of benzene rings is 2. The van der Waals surface area contributed by atoms with Crippen LogP contribution in [0.2, 0.25) is 0 Å². The minimum atomic E-state index is -0.286. The average Bonchev–Trinajstić information content (AvgIpc) is 2.73. The summed E-state index contributed by atoms with van der Waals surface area (Å²) >= 11 is 5.26. The third-order valence-corrected chi connectivity index (χ3v) is 5.20. The van der Waals surface area contributed by atoms with Gasteiger partial charge in [-0.3, -0.25) is 10.1 Å². The number of carbonyl (C=O) groups is 1. The second-order valence-corrected chi connectivity index (χ2v) is 7.99. The highest BCUT2D eigenvalue weighted by atomic mass is 32.1. The molecule has 29 heavy (non-hydrogen) atoms. The van der Waals surface area contributed by atoms with Crippen LogP contribution in [0.5, 0.6) is 5.75 Å². The highest BCUT2D eigenvalue weighted by molar-refractivity contribution is 7.80. The normalized spacial score (nSPS) is 13.8. The number of piperidine rings is 1. The fraction of sp³-hybridized carbons (Fsp3) is 0.391. The molecule has 1 fully saturated rings. The number of anilines is 2. The Morgan fingerprint density at radius 3 is 2.45 bits per heavy atom. The van der Waals surface area contributed by atoms with Gasteiger partial charge in [0.25, 0.3) is 5.91 Å². The van der Waals surface area contributed by atoms with E-state index in [-0.39, 0.29) is 17.6 Å². The maximum atomic E-state index is 12.2. The second kappa shape index (κ2) is 10.3. The number of para-hydroxylation sites is 1. The summed E-state index contributed by atoms with van der Waals surface area (Å²) in [6.45, 7) is 6.33. The van der Waals surface area contributed by atoms with Gasteiger partial charge in [0, 0.05) is 24.5 Å². The van der Waals surface area contributed by atoms with E-state index in [9.17, 15) is 4.79 Å². The molecule has 1 aliphatic rings. The van der Waals surface area contributed by atoms with Crippen molar-refractivity contribution in [2.45, 2.75) is 39.0 Å². The first-order valence-electron chi connectivity index (χ1n) is 10.2. The van der Waals surface area contributed by atoms with Crippen molar-refractivity contribution >= 4 is 34.6 Å². The van der Waals surface area contributed by atoms with Crippen molar-refractivity contribution in [2.75, 3.05) is 29.9 Å². The number of nitrogens with zero attached hydrogens (tertiary/aromatic N) is 1. The van der Waals surface area contributed by atoms with Gasteiger partial charge in [0.2, 0.25) is 0 Å². The number of ether oxygens (including phenoxy) is 1. The van der Waals surface area contributed by atoms with Gasteiger partial charge < -0.3 is 15.0 Å². The van der Waals surface area contributed by atoms with Crippen LogP contribution in [0.3, 0.4) is 0 Å². The molecule has 1 heterocycles. The molecule has 2 aromatic carbocycles. The van der Waals surface area contributed by atoms with Gasteiger partial charge in [-0.2, -0.15) is 0 Å². The molecule has 3 rings (SSSR count). The summed E-state index contributed by atoms with van der Waals surface area (Å²) in [6.07, 6.45) is 3.82. The Bertz CT molecular complexity index is 830. The largest absolute Gasteiger partial charge is 0.483 e. The monoisotopic (exact) mass is 411 g/mol. The fourth-order valence-corrected chi connectivity index (χ4v) is 3.70. The van der Waals surface area contributed by atoms with E-state index in [0.717, 1.165) is 30.1 Å². The predicted octanol–water partition coefficient (Wildman–Crippen LogP) is 4.69. The Labute approximate surface area is 178 Å².